The van der Waals surface area contributed by atoms with E-state index in [9.17, 15) is 0 Å². The molecule has 0 saturated carbocycles. The first-order valence-corrected chi connectivity index (χ1v) is 5.49. The summed E-state index contributed by atoms with van der Waals surface area (Å²) >= 11 is 0. The zero-order chi connectivity index (χ0) is 12.1. The maximum atomic E-state index is 5.56. The lowest BCUT2D eigenvalue weighted by atomic mass is 10.1. The Balaban J connectivity index is 1.96. The Kier molecular flexibility index (Phi) is 3.72. The average Bonchev–Trinajstić information content (AvgIpc) is 2.74. The van der Waals surface area contributed by atoms with E-state index in [0.29, 0.717) is 18.3 Å². The summed E-state index contributed by atoms with van der Waals surface area (Å²) in [5.74, 6) is 1.87. The fourth-order valence-corrected chi connectivity index (χ4v) is 1.50. The summed E-state index contributed by atoms with van der Waals surface area (Å²) in [7, 11) is 0. The summed E-state index contributed by atoms with van der Waals surface area (Å²) in [6.45, 7) is 2.69. The molecule has 5 nitrogen and oxygen atoms in total. The Bertz CT molecular complexity index is 482. The molecule has 0 saturated heterocycles. The normalized spacial score (nSPS) is 10.5. The molecule has 0 bridgehead atoms. The van der Waals surface area contributed by atoms with E-state index in [1.165, 1.54) is 0 Å². The van der Waals surface area contributed by atoms with Gasteiger partial charge in [-0.25, -0.2) is 0 Å². The van der Waals surface area contributed by atoms with Gasteiger partial charge in [0.2, 0.25) is 0 Å². The zero-order valence-electron chi connectivity index (χ0n) is 9.72. The first kappa shape index (κ1) is 11.6. The highest BCUT2D eigenvalue weighted by Gasteiger charge is 2.03. The van der Waals surface area contributed by atoms with Gasteiger partial charge in [-0.05, 0) is 37.6 Å². The lowest BCUT2D eigenvalue weighted by Crippen LogP contribution is -2.03. The van der Waals surface area contributed by atoms with E-state index in [2.05, 4.69) is 10.1 Å². The second kappa shape index (κ2) is 5.45. The monoisotopic (exact) mass is 233 g/mol. The van der Waals surface area contributed by atoms with Crippen LogP contribution >= 0.6 is 0 Å². The first-order chi connectivity index (χ1) is 8.28. The van der Waals surface area contributed by atoms with E-state index in [1.54, 1.807) is 6.92 Å². The van der Waals surface area contributed by atoms with Gasteiger partial charge in [-0.15, -0.1) is 0 Å². The maximum Gasteiger partial charge on any atom is 0.264 e. The predicted molar refractivity (Wildman–Crippen MR) is 62.6 cm³/mol. The minimum Gasteiger partial charge on any atom is -0.484 e. The quantitative estimate of drug-likeness (QED) is 0.846. The van der Waals surface area contributed by atoms with Gasteiger partial charge in [0.25, 0.3) is 5.89 Å². The van der Waals surface area contributed by atoms with Crippen molar-refractivity contribution in [2.24, 2.45) is 5.73 Å². The third-order valence-corrected chi connectivity index (χ3v) is 2.26. The lowest BCUT2D eigenvalue weighted by Gasteiger charge is -2.05. The van der Waals surface area contributed by atoms with E-state index in [1.807, 2.05) is 24.3 Å². The van der Waals surface area contributed by atoms with E-state index in [-0.39, 0.29) is 6.61 Å². The minimum atomic E-state index is 0.285. The summed E-state index contributed by atoms with van der Waals surface area (Å²) in [5.41, 5.74) is 6.66. The average molecular weight is 233 g/mol. The van der Waals surface area contributed by atoms with Gasteiger partial charge < -0.3 is 15.0 Å². The van der Waals surface area contributed by atoms with Crippen LogP contribution in [-0.4, -0.2) is 16.7 Å². The van der Waals surface area contributed by atoms with Crippen molar-refractivity contribution in [3.63, 3.8) is 0 Å². The molecule has 0 unspecified atom stereocenters. The molecule has 1 aromatic heterocycles. The molecule has 0 atom stereocenters. The maximum absolute atomic E-state index is 5.56. The number of ether oxygens (including phenoxy) is 1. The molecule has 0 fully saturated rings. The van der Waals surface area contributed by atoms with Gasteiger partial charge in [0.15, 0.2) is 12.4 Å². The Morgan fingerprint density at radius 3 is 3.00 bits per heavy atom. The number of nitrogens with two attached hydrogens (primary N) is 1. The van der Waals surface area contributed by atoms with Crippen LogP contribution in [0.4, 0.5) is 0 Å². The molecular formula is C12H15N3O2. The smallest absolute Gasteiger partial charge is 0.264 e. The third-order valence-electron chi connectivity index (χ3n) is 2.26. The van der Waals surface area contributed by atoms with Gasteiger partial charge >= 0.3 is 0 Å². The number of benzene rings is 1. The van der Waals surface area contributed by atoms with Crippen LogP contribution in [0.3, 0.4) is 0 Å². The molecule has 0 amide bonds. The number of aryl methyl sites for hydroxylation is 1. The summed E-state index contributed by atoms with van der Waals surface area (Å²) in [6, 6.07) is 7.83. The molecule has 0 spiro atoms. The molecule has 0 aliphatic rings. The van der Waals surface area contributed by atoms with Crippen LogP contribution in [0.2, 0.25) is 0 Å². The number of aromatic nitrogens is 2. The van der Waals surface area contributed by atoms with Crippen LogP contribution in [0.25, 0.3) is 0 Å². The van der Waals surface area contributed by atoms with Gasteiger partial charge in [0.05, 0.1) is 0 Å². The van der Waals surface area contributed by atoms with E-state index >= 15 is 0 Å². The van der Waals surface area contributed by atoms with Crippen LogP contribution in [-0.2, 0) is 13.0 Å². The molecule has 0 aliphatic carbocycles. The molecule has 90 valence electrons. The zero-order valence-corrected chi connectivity index (χ0v) is 9.72. The Morgan fingerprint density at radius 1 is 1.41 bits per heavy atom. The van der Waals surface area contributed by atoms with Crippen molar-refractivity contribution in [3.05, 3.63) is 41.5 Å². The molecule has 1 aromatic carbocycles. The SMILES string of the molecule is Cc1noc(COc2cccc(CCN)c2)n1. The molecule has 1 heterocycles. The van der Waals surface area contributed by atoms with Gasteiger partial charge in [0, 0.05) is 0 Å². The van der Waals surface area contributed by atoms with Crippen molar-refractivity contribution < 1.29 is 9.26 Å². The molecule has 0 radical (unpaired) electrons. The Hall–Kier alpha value is -1.88. The minimum absolute atomic E-state index is 0.285. The molecule has 2 N–H and O–H groups in total. The molecule has 17 heavy (non-hydrogen) atoms. The van der Waals surface area contributed by atoms with Crippen LogP contribution in [0.15, 0.2) is 28.8 Å². The highest BCUT2D eigenvalue weighted by molar-refractivity contribution is 5.28. The van der Waals surface area contributed by atoms with E-state index in [4.69, 9.17) is 15.0 Å². The van der Waals surface area contributed by atoms with Crippen LogP contribution in [0, 0.1) is 6.92 Å². The second-order valence-corrected chi connectivity index (χ2v) is 3.71. The van der Waals surface area contributed by atoms with Gasteiger partial charge in [-0.3, -0.25) is 0 Å². The predicted octanol–water partition coefficient (Wildman–Crippen LogP) is 1.46. The highest BCUT2D eigenvalue weighted by Crippen LogP contribution is 2.15. The lowest BCUT2D eigenvalue weighted by molar-refractivity contribution is 0.242. The summed E-state index contributed by atoms with van der Waals surface area (Å²) < 4.78 is 10.5. The van der Waals surface area contributed by atoms with Crippen LogP contribution in [0.5, 0.6) is 5.75 Å². The molecule has 0 aliphatic heterocycles. The van der Waals surface area contributed by atoms with Crippen molar-refractivity contribution >= 4 is 0 Å². The van der Waals surface area contributed by atoms with Gasteiger partial charge in [-0.2, -0.15) is 4.98 Å². The van der Waals surface area contributed by atoms with Crippen molar-refractivity contribution in [2.45, 2.75) is 20.0 Å². The van der Waals surface area contributed by atoms with Crippen molar-refractivity contribution in [1.29, 1.82) is 0 Å². The fraction of sp³-hybridized carbons (Fsp3) is 0.333. The van der Waals surface area contributed by atoms with Crippen LogP contribution < -0.4 is 10.5 Å². The summed E-state index contributed by atoms with van der Waals surface area (Å²) in [6.07, 6.45) is 0.844. The van der Waals surface area contributed by atoms with E-state index in [0.717, 1.165) is 17.7 Å². The summed E-state index contributed by atoms with van der Waals surface area (Å²) in [4.78, 5) is 4.06. The third kappa shape index (κ3) is 3.29. The standard InChI is InChI=1S/C12H15N3O2/c1-9-14-12(17-15-9)8-16-11-4-2-3-10(7-11)5-6-13/h2-4,7H,5-6,8,13H2,1H3. The Labute approximate surface area is 99.6 Å². The van der Waals surface area contributed by atoms with Crippen molar-refractivity contribution in [1.82, 2.24) is 10.1 Å². The largest absolute Gasteiger partial charge is 0.484 e. The molecule has 2 rings (SSSR count). The fourth-order valence-electron chi connectivity index (χ4n) is 1.50. The molecule has 5 heteroatoms. The van der Waals surface area contributed by atoms with E-state index < -0.39 is 0 Å². The van der Waals surface area contributed by atoms with Crippen molar-refractivity contribution in [2.75, 3.05) is 6.54 Å². The Morgan fingerprint density at radius 2 is 2.29 bits per heavy atom. The van der Waals surface area contributed by atoms with Crippen LogP contribution in [0.1, 0.15) is 17.3 Å². The van der Waals surface area contributed by atoms with Gasteiger partial charge in [0.1, 0.15) is 5.75 Å². The van der Waals surface area contributed by atoms with Gasteiger partial charge in [-0.1, -0.05) is 17.3 Å². The summed E-state index contributed by atoms with van der Waals surface area (Å²) in [5, 5.41) is 3.69. The number of hydrogen-bond donors (Lipinski definition) is 1. The number of hydrogen-bond acceptors (Lipinski definition) is 5. The first-order valence-electron chi connectivity index (χ1n) is 5.49. The number of rotatable bonds is 5. The molecular weight excluding hydrogens is 218 g/mol. The van der Waals surface area contributed by atoms with Crippen molar-refractivity contribution in [3.8, 4) is 5.75 Å². The second-order valence-electron chi connectivity index (χ2n) is 3.71. The molecule has 2 aromatic rings. The number of nitrogens with zero attached hydrogens (tertiary/aromatic N) is 2. The highest BCUT2D eigenvalue weighted by atomic mass is 16.5. The topological polar surface area (TPSA) is 74.2 Å².